The van der Waals surface area contributed by atoms with Crippen LogP contribution in [0.15, 0.2) is 77.4 Å². The van der Waals surface area contributed by atoms with Crippen LogP contribution in [0.4, 0.5) is 0 Å². The minimum Gasteiger partial charge on any atom is -0.333 e. The maximum Gasteiger partial charge on any atom is 0.272 e. The predicted octanol–water partition coefficient (Wildman–Crippen LogP) is 4.51. The van der Waals surface area contributed by atoms with E-state index in [1.165, 1.54) is 0 Å². The number of rotatable bonds is 5. The highest BCUT2D eigenvalue weighted by Gasteiger charge is 2.18. The highest BCUT2D eigenvalue weighted by atomic mass is 79.9. The van der Waals surface area contributed by atoms with Crippen molar-refractivity contribution in [1.29, 1.82) is 0 Å². The molecule has 140 valence electrons. The summed E-state index contributed by atoms with van der Waals surface area (Å²) in [5.74, 6) is 0.717. The summed E-state index contributed by atoms with van der Waals surface area (Å²) in [4.78, 5) is 23.3. The van der Waals surface area contributed by atoms with Crippen molar-refractivity contribution in [2.24, 2.45) is 0 Å². The van der Waals surface area contributed by atoms with Crippen molar-refractivity contribution in [1.82, 2.24) is 19.4 Å². The van der Waals surface area contributed by atoms with Gasteiger partial charge >= 0.3 is 0 Å². The van der Waals surface area contributed by atoms with E-state index in [0.717, 1.165) is 26.9 Å². The second-order valence-corrected chi connectivity index (χ2v) is 7.52. The molecule has 28 heavy (non-hydrogen) atoms. The van der Waals surface area contributed by atoms with Gasteiger partial charge in [-0.05, 0) is 42.0 Å². The van der Waals surface area contributed by atoms with E-state index >= 15 is 0 Å². The van der Waals surface area contributed by atoms with Crippen molar-refractivity contribution in [2.45, 2.75) is 13.1 Å². The summed E-state index contributed by atoms with van der Waals surface area (Å²) >= 11 is 3.54. The van der Waals surface area contributed by atoms with Gasteiger partial charge in [-0.15, -0.1) is 0 Å². The molecule has 2 aromatic carbocycles. The second kappa shape index (κ2) is 7.94. The largest absolute Gasteiger partial charge is 0.333 e. The van der Waals surface area contributed by atoms with E-state index in [9.17, 15) is 4.79 Å². The monoisotopic (exact) mass is 434 g/mol. The van der Waals surface area contributed by atoms with Crippen LogP contribution in [0.5, 0.6) is 0 Å². The van der Waals surface area contributed by atoms with Crippen LogP contribution in [0.1, 0.15) is 21.9 Å². The molecule has 0 N–H and O–H groups in total. The number of nitrogens with zero attached hydrogens (tertiary/aromatic N) is 4. The van der Waals surface area contributed by atoms with Gasteiger partial charge in [0.25, 0.3) is 5.91 Å². The van der Waals surface area contributed by atoms with Crippen LogP contribution in [-0.4, -0.2) is 32.4 Å². The maximum atomic E-state index is 12.7. The van der Waals surface area contributed by atoms with E-state index in [1.807, 2.05) is 36.4 Å². The first-order valence-corrected chi connectivity index (χ1v) is 9.76. The fraction of sp³-hybridized carbons (Fsp3) is 0.136. The Kier molecular flexibility index (Phi) is 5.21. The first kappa shape index (κ1) is 18.4. The fourth-order valence-electron chi connectivity index (χ4n) is 3.21. The van der Waals surface area contributed by atoms with Crippen LogP contribution in [0.25, 0.3) is 11.0 Å². The molecule has 0 spiro atoms. The second-order valence-electron chi connectivity index (χ2n) is 6.61. The summed E-state index contributed by atoms with van der Waals surface area (Å²) in [6.07, 6.45) is 1.63. The Labute approximate surface area is 171 Å². The molecule has 5 nitrogen and oxygen atoms in total. The molecule has 0 fully saturated rings. The zero-order chi connectivity index (χ0) is 19.5. The van der Waals surface area contributed by atoms with Gasteiger partial charge in [-0.2, -0.15) is 0 Å². The molecule has 0 unspecified atom stereocenters. The Morgan fingerprint density at radius 3 is 2.68 bits per heavy atom. The lowest BCUT2D eigenvalue weighted by Crippen LogP contribution is -2.28. The number of benzene rings is 2. The molecule has 2 aromatic heterocycles. The number of carbonyl (C=O) groups excluding carboxylic acids is 1. The third-order valence-corrected chi connectivity index (χ3v) is 5.07. The van der Waals surface area contributed by atoms with E-state index in [0.29, 0.717) is 18.8 Å². The molecule has 0 atom stereocenters. The number of para-hydroxylation sites is 2. The number of fused-ring (bicyclic) bond motifs is 1. The average molecular weight is 435 g/mol. The summed E-state index contributed by atoms with van der Waals surface area (Å²) in [5, 5.41) is 0. The van der Waals surface area contributed by atoms with E-state index in [4.69, 9.17) is 4.98 Å². The van der Waals surface area contributed by atoms with Gasteiger partial charge in [-0.25, -0.2) is 4.98 Å². The first-order valence-electron chi connectivity index (χ1n) is 8.97. The molecule has 1 amide bonds. The molecular weight excluding hydrogens is 416 g/mol. The lowest BCUT2D eigenvalue weighted by atomic mass is 10.2. The van der Waals surface area contributed by atoms with E-state index in [2.05, 4.69) is 43.7 Å². The SMILES string of the molecule is CN(Cc1nc2ccccc2n1Cc1cccc(Br)c1)C(=O)c1ccccn1. The summed E-state index contributed by atoms with van der Waals surface area (Å²) < 4.78 is 3.21. The van der Waals surface area contributed by atoms with Crippen molar-refractivity contribution in [2.75, 3.05) is 7.05 Å². The lowest BCUT2D eigenvalue weighted by molar-refractivity contribution is 0.0774. The highest BCUT2D eigenvalue weighted by Crippen LogP contribution is 2.21. The molecule has 0 radical (unpaired) electrons. The minimum atomic E-state index is -0.123. The lowest BCUT2D eigenvalue weighted by Gasteiger charge is -2.18. The Balaban J connectivity index is 1.67. The van der Waals surface area contributed by atoms with Gasteiger partial charge in [0.15, 0.2) is 0 Å². The van der Waals surface area contributed by atoms with Crippen LogP contribution in [0.2, 0.25) is 0 Å². The van der Waals surface area contributed by atoms with Crippen LogP contribution < -0.4 is 0 Å². The minimum absolute atomic E-state index is 0.123. The quantitative estimate of drug-likeness (QED) is 0.464. The molecule has 2 heterocycles. The van der Waals surface area contributed by atoms with Gasteiger partial charge in [0.2, 0.25) is 0 Å². The number of carbonyl (C=O) groups is 1. The topological polar surface area (TPSA) is 51.0 Å². The molecule has 6 heteroatoms. The average Bonchev–Trinajstić information content (AvgIpc) is 3.05. The van der Waals surface area contributed by atoms with Crippen molar-refractivity contribution < 1.29 is 4.79 Å². The van der Waals surface area contributed by atoms with Crippen LogP contribution in [-0.2, 0) is 13.1 Å². The molecule has 4 rings (SSSR count). The summed E-state index contributed by atoms with van der Waals surface area (Å²) in [7, 11) is 1.78. The van der Waals surface area contributed by atoms with Crippen LogP contribution >= 0.6 is 15.9 Å². The number of hydrogen-bond acceptors (Lipinski definition) is 3. The zero-order valence-corrected chi connectivity index (χ0v) is 17.0. The third kappa shape index (κ3) is 3.82. The van der Waals surface area contributed by atoms with Gasteiger partial charge in [-0.1, -0.05) is 46.3 Å². The summed E-state index contributed by atoms with van der Waals surface area (Å²) in [6.45, 7) is 1.08. The number of amides is 1. The van der Waals surface area contributed by atoms with Crippen LogP contribution in [0.3, 0.4) is 0 Å². The highest BCUT2D eigenvalue weighted by molar-refractivity contribution is 9.10. The fourth-order valence-corrected chi connectivity index (χ4v) is 3.66. The number of halogens is 1. The molecule has 0 saturated heterocycles. The van der Waals surface area contributed by atoms with Crippen molar-refractivity contribution in [3.63, 3.8) is 0 Å². The van der Waals surface area contributed by atoms with Gasteiger partial charge < -0.3 is 9.47 Å². The van der Waals surface area contributed by atoms with Crippen molar-refractivity contribution >= 4 is 32.9 Å². The normalized spacial score (nSPS) is 10.9. The van der Waals surface area contributed by atoms with Crippen molar-refractivity contribution in [3.8, 4) is 0 Å². The predicted molar refractivity (Wildman–Crippen MR) is 113 cm³/mol. The molecule has 0 aliphatic heterocycles. The molecule has 0 aliphatic carbocycles. The standard InChI is InChI=1S/C22H19BrN4O/c1-26(22(28)19-10-4-5-12-24-19)15-21-25-18-9-2-3-11-20(18)27(21)14-16-7-6-8-17(23)13-16/h2-13H,14-15H2,1H3. The smallest absolute Gasteiger partial charge is 0.272 e. The molecule has 4 aromatic rings. The van der Waals surface area contributed by atoms with E-state index in [-0.39, 0.29) is 5.91 Å². The zero-order valence-electron chi connectivity index (χ0n) is 15.4. The van der Waals surface area contributed by atoms with E-state index < -0.39 is 0 Å². The van der Waals surface area contributed by atoms with Gasteiger partial charge in [0.1, 0.15) is 11.5 Å². The Bertz CT molecular complexity index is 1120. The van der Waals surface area contributed by atoms with E-state index in [1.54, 1.807) is 30.3 Å². The third-order valence-electron chi connectivity index (χ3n) is 4.57. The van der Waals surface area contributed by atoms with Gasteiger partial charge in [0.05, 0.1) is 17.6 Å². The molecule has 0 aliphatic rings. The number of aromatic nitrogens is 3. The number of pyridine rings is 1. The first-order chi connectivity index (χ1) is 13.6. The Morgan fingerprint density at radius 1 is 1.07 bits per heavy atom. The summed E-state index contributed by atoms with van der Waals surface area (Å²) in [5.41, 5.74) is 3.57. The molecule has 0 saturated carbocycles. The molecule has 0 bridgehead atoms. The van der Waals surface area contributed by atoms with Gasteiger partial charge in [0, 0.05) is 24.3 Å². The maximum absolute atomic E-state index is 12.7. The Hall–Kier alpha value is -2.99. The number of hydrogen-bond donors (Lipinski definition) is 0. The van der Waals surface area contributed by atoms with Crippen LogP contribution in [0, 0.1) is 0 Å². The molecular formula is C22H19BrN4O. The Morgan fingerprint density at radius 2 is 1.89 bits per heavy atom. The van der Waals surface area contributed by atoms with Gasteiger partial charge in [-0.3, -0.25) is 9.78 Å². The summed E-state index contributed by atoms with van der Waals surface area (Å²) in [6, 6.07) is 21.6. The van der Waals surface area contributed by atoms with Crippen molar-refractivity contribution in [3.05, 3.63) is 94.5 Å². The number of imidazole rings is 1.